The van der Waals surface area contributed by atoms with Crippen LogP contribution in [-0.4, -0.2) is 18.2 Å². The molecule has 1 heterocycles. The van der Waals surface area contributed by atoms with E-state index < -0.39 is 11.7 Å². The molecule has 0 atom stereocenters. The highest BCUT2D eigenvalue weighted by Gasteiger charge is 2.35. The number of rotatable bonds is 3. The lowest BCUT2D eigenvalue weighted by Crippen LogP contribution is -2.30. The van der Waals surface area contributed by atoms with Gasteiger partial charge in [0, 0.05) is 6.54 Å². The van der Waals surface area contributed by atoms with Crippen LogP contribution in [0.15, 0.2) is 54.6 Å². The van der Waals surface area contributed by atoms with E-state index in [0.29, 0.717) is 12.1 Å². The molecule has 2 aromatic rings. The fourth-order valence-corrected chi connectivity index (χ4v) is 2.57. The van der Waals surface area contributed by atoms with Gasteiger partial charge in [0.25, 0.3) is 11.7 Å². The van der Waals surface area contributed by atoms with Gasteiger partial charge in [-0.05, 0) is 24.1 Å². The highest BCUT2D eigenvalue weighted by Crippen LogP contribution is 2.31. The number of hydrogen-bond donors (Lipinski definition) is 0. The van der Waals surface area contributed by atoms with Crippen LogP contribution in [0.5, 0.6) is 0 Å². The third kappa shape index (κ3) is 2.38. The number of carbonyl (C=O) groups is 2. The molecule has 0 saturated carbocycles. The Balaban J connectivity index is 1.86. The van der Waals surface area contributed by atoms with Crippen molar-refractivity contribution in [2.45, 2.75) is 6.92 Å². The van der Waals surface area contributed by atoms with E-state index in [0.717, 1.165) is 16.8 Å². The van der Waals surface area contributed by atoms with Gasteiger partial charge in [-0.2, -0.15) is 0 Å². The molecule has 0 bridgehead atoms. The molecule has 3 heteroatoms. The summed E-state index contributed by atoms with van der Waals surface area (Å²) in [4.78, 5) is 25.6. The quantitative estimate of drug-likeness (QED) is 0.808. The number of benzene rings is 2. The Labute approximate surface area is 123 Å². The van der Waals surface area contributed by atoms with Crippen molar-refractivity contribution in [3.8, 4) is 0 Å². The largest absolute Gasteiger partial charge is 0.301 e. The van der Waals surface area contributed by atoms with Crippen LogP contribution in [-0.2, 0) is 4.79 Å². The Kier molecular flexibility index (Phi) is 3.40. The van der Waals surface area contributed by atoms with Crippen LogP contribution < -0.4 is 4.90 Å². The molecule has 0 spiro atoms. The van der Waals surface area contributed by atoms with Gasteiger partial charge < -0.3 is 4.90 Å². The molecule has 0 N–H and O–H groups in total. The minimum atomic E-state index is -0.447. The van der Waals surface area contributed by atoms with Crippen molar-refractivity contribution in [3.05, 3.63) is 71.3 Å². The van der Waals surface area contributed by atoms with E-state index in [2.05, 4.69) is 0 Å². The van der Waals surface area contributed by atoms with Crippen molar-refractivity contribution in [2.75, 3.05) is 11.4 Å². The number of Topliss-reactive ketones (excluding diaryl/α,β-unsaturated/α-hetero) is 1. The number of anilines is 1. The van der Waals surface area contributed by atoms with Crippen molar-refractivity contribution < 1.29 is 9.59 Å². The van der Waals surface area contributed by atoms with Gasteiger partial charge in [0.05, 0.1) is 11.3 Å². The zero-order valence-corrected chi connectivity index (χ0v) is 11.7. The monoisotopic (exact) mass is 277 g/mol. The number of aryl methyl sites for hydroxylation is 1. The van der Waals surface area contributed by atoms with E-state index in [-0.39, 0.29) is 0 Å². The molecule has 1 aliphatic rings. The van der Waals surface area contributed by atoms with Crippen LogP contribution in [0.4, 0.5) is 5.69 Å². The van der Waals surface area contributed by atoms with Gasteiger partial charge in [0.15, 0.2) is 0 Å². The Bertz CT molecular complexity index is 732. The number of ketones is 1. The normalized spacial score (nSPS) is 14.0. The number of amides is 1. The summed E-state index contributed by atoms with van der Waals surface area (Å²) in [7, 11) is 0. The molecular formula is C18H15NO2. The summed E-state index contributed by atoms with van der Waals surface area (Å²) in [5.74, 6) is -0.862. The second-order valence-corrected chi connectivity index (χ2v) is 5.03. The van der Waals surface area contributed by atoms with E-state index in [4.69, 9.17) is 0 Å². The molecule has 3 nitrogen and oxygen atoms in total. The third-order valence-electron chi connectivity index (χ3n) is 3.59. The zero-order valence-electron chi connectivity index (χ0n) is 11.7. The van der Waals surface area contributed by atoms with Crippen molar-refractivity contribution in [1.29, 1.82) is 0 Å². The van der Waals surface area contributed by atoms with Crippen LogP contribution in [0.1, 0.15) is 21.5 Å². The van der Waals surface area contributed by atoms with Gasteiger partial charge in [0.1, 0.15) is 0 Å². The topological polar surface area (TPSA) is 37.4 Å². The standard InChI is InChI=1S/C18H15NO2/c1-13-7-5-11-15-16(13)19(18(21)17(15)20)12-6-10-14-8-3-2-4-9-14/h2-11H,12H2,1H3/b10-6+. The average Bonchev–Trinajstić information content (AvgIpc) is 2.75. The van der Waals surface area contributed by atoms with Gasteiger partial charge >= 0.3 is 0 Å². The zero-order chi connectivity index (χ0) is 14.8. The maximum absolute atomic E-state index is 12.1. The molecule has 1 amide bonds. The number of nitrogens with zero attached hydrogens (tertiary/aromatic N) is 1. The summed E-state index contributed by atoms with van der Waals surface area (Å²) >= 11 is 0. The molecule has 0 radical (unpaired) electrons. The molecule has 0 unspecified atom stereocenters. The summed E-state index contributed by atoms with van der Waals surface area (Å²) in [6, 6.07) is 15.3. The predicted molar refractivity (Wildman–Crippen MR) is 83.3 cm³/mol. The third-order valence-corrected chi connectivity index (χ3v) is 3.59. The molecule has 0 saturated heterocycles. The average molecular weight is 277 g/mol. The first-order valence-corrected chi connectivity index (χ1v) is 6.86. The summed E-state index contributed by atoms with van der Waals surface area (Å²) in [5.41, 5.74) is 3.26. The van der Waals surface area contributed by atoms with E-state index in [1.807, 2.05) is 61.5 Å². The van der Waals surface area contributed by atoms with Gasteiger partial charge in [-0.3, -0.25) is 9.59 Å². The van der Waals surface area contributed by atoms with E-state index in [9.17, 15) is 9.59 Å². The van der Waals surface area contributed by atoms with Crippen LogP contribution in [0.25, 0.3) is 6.08 Å². The molecule has 104 valence electrons. The summed E-state index contributed by atoms with van der Waals surface area (Å²) < 4.78 is 0. The molecule has 2 aromatic carbocycles. The molecule has 0 fully saturated rings. The second kappa shape index (κ2) is 5.37. The molecule has 21 heavy (non-hydrogen) atoms. The first-order valence-electron chi connectivity index (χ1n) is 6.86. The van der Waals surface area contributed by atoms with Gasteiger partial charge in [-0.15, -0.1) is 0 Å². The fourth-order valence-electron chi connectivity index (χ4n) is 2.57. The number of hydrogen-bond acceptors (Lipinski definition) is 2. The predicted octanol–water partition coefficient (Wildman–Crippen LogP) is 3.24. The van der Waals surface area contributed by atoms with E-state index >= 15 is 0 Å². The SMILES string of the molecule is Cc1cccc2c1N(C/C=C/c1ccccc1)C(=O)C2=O. The smallest absolute Gasteiger partial charge is 0.299 e. The second-order valence-electron chi connectivity index (χ2n) is 5.03. The number of carbonyl (C=O) groups excluding carboxylic acids is 2. The molecule has 1 aliphatic heterocycles. The first kappa shape index (κ1) is 13.3. The van der Waals surface area contributed by atoms with E-state index in [1.165, 1.54) is 0 Å². The van der Waals surface area contributed by atoms with Crippen molar-refractivity contribution >= 4 is 23.5 Å². The lowest BCUT2D eigenvalue weighted by atomic mass is 10.1. The first-order chi connectivity index (χ1) is 10.2. The Morgan fingerprint density at radius 2 is 1.76 bits per heavy atom. The Morgan fingerprint density at radius 3 is 2.52 bits per heavy atom. The minimum Gasteiger partial charge on any atom is -0.301 e. The number of fused-ring (bicyclic) bond motifs is 1. The molecule has 0 aromatic heterocycles. The van der Waals surface area contributed by atoms with Crippen molar-refractivity contribution in [1.82, 2.24) is 0 Å². The lowest BCUT2D eigenvalue weighted by molar-refractivity contribution is -0.114. The van der Waals surface area contributed by atoms with Crippen LogP contribution in [0, 0.1) is 6.92 Å². The van der Waals surface area contributed by atoms with Crippen LogP contribution in [0.2, 0.25) is 0 Å². The van der Waals surface area contributed by atoms with Gasteiger partial charge in [0.2, 0.25) is 0 Å². The number of para-hydroxylation sites is 1. The molecule has 3 rings (SSSR count). The summed E-state index contributed by atoms with van der Waals surface area (Å²) in [6.45, 7) is 2.32. The highest BCUT2D eigenvalue weighted by molar-refractivity contribution is 6.52. The Morgan fingerprint density at radius 1 is 1.00 bits per heavy atom. The van der Waals surface area contributed by atoms with Crippen LogP contribution in [0.3, 0.4) is 0 Å². The maximum atomic E-state index is 12.1. The van der Waals surface area contributed by atoms with Crippen molar-refractivity contribution in [2.24, 2.45) is 0 Å². The Hall–Kier alpha value is -2.68. The molecular weight excluding hydrogens is 262 g/mol. The van der Waals surface area contributed by atoms with Gasteiger partial charge in [-0.25, -0.2) is 0 Å². The van der Waals surface area contributed by atoms with E-state index in [1.54, 1.807) is 11.0 Å². The van der Waals surface area contributed by atoms with Gasteiger partial charge in [-0.1, -0.05) is 54.6 Å². The van der Waals surface area contributed by atoms with Crippen molar-refractivity contribution in [3.63, 3.8) is 0 Å². The molecule has 0 aliphatic carbocycles. The lowest BCUT2D eigenvalue weighted by Gasteiger charge is -2.16. The highest BCUT2D eigenvalue weighted by atomic mass is 16.2. The fraction of sp³-hybridized carbons (Fsp3) is 0.111. The summed E-state index contributed by atoms with van der Waals surface area (Å²) in [5, 5.41) is 0. The summed E-state index contributed by atoms with van der Waals surface area (Å²) in [6.07, 6.45) is 3.86. The minimum absolute atomic E-state index is 0.400. The maximum Gasteiger partial charge on any atom is 0.299 e. The van der Waals surface area contributed by atoms with Crippen LogP contribution >= 0.6 is 0 Å².